The van der Waals surface area contributed by atoms with Crippen molar-refractivity contribution < 1.29 is 4.39 Å². The van der Waals surface area contributed by atoms with E-state index in [2.05, 4.69) is 74.0 Å². The maximum Gasteiger partial charge on any atom is 0.221 e. The molecular formula is C34H37FN9. The van der Waals surface area contributed by atoms with E-state index in [1.54, 1.807) is 0 Å². The maximum atomic E-state index is 16.1. The number of hydrogen-bond donors (Lipinski definition) is 1. The summed E-state index contributed by atoms with van der Waals surface area (Å²) < 4.78 is 17.9. The fraction of sp³-hybridized carbons (Fsp3) is 0.353. The van der Waals surface area contributed by atoms with Crippen LogP contribution < -0.4 is 16.8 Å². The molecule has 2 aliphatic rings. The minimum atomic E-state index is -0.536. The molecule has 3 radical (unpaired) electrons. The first-order valence-electron chi connectivity index (χ1n) is 15.1. The zero-order chi connectivity index (χ0) is 29.7. The van der Waals surface area contributed by atoms with Crippen LogP contribution in [-0.4, -0.2) is 54.8 Å². The van der Waals surface area contributed by atoms with Gasteiger partial charge in [-0.3, -0.25) is 14.6 Å². The number of fused-ring (bicyclic) bond motifs is 1. The molecule has 3 aromatic heterocycles. The van der Waals surface area contributed by atoms with Gasteiger partial charge < -0.3 is 10.6 Å². The third-order valence-corrected chi connectivity index (χ3v) is 9.21. The molecule has 1 atom stereocenters. The predicted octanol–water partition coefficient (Wildman–Crippen LogP) is 5.70. The third kappa shape index (κ3) is 5.18. The summed E-state index contributed by atoms with van der Waals surface area (Å²) in [7, 11) is 1.93. The number of aryl methyl sites for hydroxylation is 1. The Morgan fingerprint density at radius 1 is 0.977 bits per heavy atom. The van der Waals surface area contributed by atoms with Gasteiger partial charge in [-0.15, -0.1) is 0 Å². The highest BCUT2D eigenvalue weighted by atomic mass is 19.1. The molecule has 2 N–H and O–H groups in total. The first-order chi connectivity index (χ1) is 20.8. The molecule has 44 heavy (non-hydrogen) atoms. The fourth-order valence-corrected chi connectivity index (χ4v) is 7.17. The minimum Gasteiger partial charge on any atom is -0.368 e. The summed E-state index contributed by atoms with van der Waals surface area (Å²) in [5.74, 6) is -0.268. The molecular weight excluding hydrogens is 553 g/mol. The van der Waals surface area contributed by atoms with Gasteiger partial charge in [-0.2, -0.15) is 5.10 Å². The standard InChI is InChI=1S/C34H37FN8.N/c1-22(2)32-26-18-24(10-12-27(26)40-41(32)3)30-29(35)31(39-33(36)38-30)28-13-11-25(19-37-28)42-17-15-34(21-42)14-7-16-43(34)20-23-8-5-4-6-9-23;/h4-6,8-13,18-19,22H,7,14-17,20-21H2,1-3H3,(H2,36,38,39);. The number of benzene rings is 2. The molecule has 0 amide bonds. The largest absolute Gasteiger partial charge is 0.368 e. The Labute approximate surface area is 257 Å². The third-order valence-electron chi connectivity index (χ3n) is 9.21. The predicted molar refractivity (Wildman–Crippen MR) is 171 cm³/mol. The van der Waals surface area contributed by atoms with Gasteiger partial charge in [0.2, 0.25) is 5.95 Å². The van der Waals surface area contributed by atoms with E-state index in [1.165, 1.54) is 18.4 Å². The Balaban J connectivity index is 0.00000343. The second-order valence-electron chi connectivity index (χ2n) is 12.3. The van der Waals surface area contributed by atoms with E-state index in [0.717, 1.165) is 54.9 Å². The Bertz CT molecular complexity index is 1780. The van der Waals surface area contributed by atoms with Gasteiger partial charge in [0, 0.05) is 55.0 Å². The molecule has 2 saturated heterocycles. The number of anilines is 2. The van der Waals surface area contributed by atoms with Crippen LogP contribution in [0.15, 0.2) is 66.9 Å². The molecule has 10 heteroatoms. The van der Waals surface area contributed by atoms with Crippen LogP contribution in [0.1, 0.15) is 50.3 Å². The highest BCUT2D eigenvalue weighted by Crippen LogP contribution is 2.40. The van der Waals surface area contributed by atoms with Gasteiger partial charge in [-0.05, 0) is 61.6 Å². The molecule has 7 rings (SSSR count). The molecule has 1 unspecified atom stereocenters. The van der Waals surface area contributed by atoms with Crippen molar-refractivity contribution in [2.24, 2.45) is 7.05 Å². The van der Waals surface area contributed by atoms with Crippen molar-refractivity contribution in [1.29, 1.82) is 0 Å². The van der Waals surface area contributed by atoms with E-state index < -0.39 is 5.82 Å². The van der Waals surface area contributed by atoms with Crippen LogP contribution in [0, 0.1) is 5.82 Å². The number of rotatable bonds is 6. The summed E-state index contributed by atoms with van der Waals surface area (Å²) in [6.07, 6.45) is 5.39. The average Bonchev–Trinajstić information content (AvgIpc) is 3.71. The summed E-state index contributed by atoms with van der Waals surface area (Å²) in [5.41, 5.74) is 12.0. The second-order valence-corrected chi connectivity index (χ2v) is 12.3. The van der Waals surface area contributed by atoms with Crippen LogP contribution in [0.2, 0.25) is 0 Å². The summed E-state index contributed by atoms with van der Waals surface area (Å²) in [5, 5.41) is 5.59. The number of hydrogen-bond acceptors (Lipinski definition) is 7. The summed E-state index contributed by atoms with van der Waals surface area (Å²) in [6.45, 7) is 8.29. The van der Waals surface area contributed by atoms with Gasteiger partial charge in [0.25, 0.3) is 0 Å². The molecule has 2 aromatic carbocycles. The van der Waals surface area contributed by atoms with Gasteiger partial charge in [0.05, 0.1) is 23.1 Å². The minimum absolute atomic E-state index is 0. The molecule has 5 aromatic rings. The molecule has 2 aliphatic heterocycles. The Hall–Kier alpha value is -4.41. The van der Waals surface area contributed by atoms with Crippen LogP contribution in [0.4, 0.5) is 16.0 Å². The first kappa shape index (κ1) is 29.7. The summed E-state index contributed by atoms with van der Waals surface area (Å²) in [6, 6.07) is 20.3. The van der Waals surface area contributed by atoms with Crippen molar-refractivity contribution in [3.05, 3.63) is 83.9 Å². The van der Waals surface area contributed by atoms with Crippen LogP contribution >= 0.6 is 0 Å². The number of aromatic nitrogens is 5. The Kier molecular flexibility index (Phi) is 7.81. The number of nitrogen functional groups attached to an aromatic ring is 1. The normalized spacial score (nSPS) is 18.5. The quantitative estimate of drug-likeness (QED) is 0.269. The van der Waals surface area contributed by atoms with Crippen molar-refractivity contribution in [3.8, 4) is 22.6 Å². The topological polar surface area (TPSA) is 119 Å². The van der Waals surface area contributed by atoms with Gasteiger partial charge in [-0.25, -0.2) is 14.4 Å². The van der Waals surface area contributed by atoms with E-state index in [-0.39, 0.29) is 34.9 Å². The van der Waals surface area contributed by atoms with Crippen LogP contribution in [0.5, 0.6) is 0 Å². The van der Waals surface area contributed by atoms with Crippen molar-refractivity contribution in [3.63, 3.8) is 0 Å². The molecule has 9 nitrogen and oxygen atoms in total. The molecule has 225 valence electrons. The zero-order valence-corrected chi connectivity index (χ0v) is 25.4. The van der Waals surface area contributed by atoms with Crippen LogP contribution in [0.25, 0.3) is 33.5 Å². The number of halogens is 1. The number of nitrogens with zero attached hydrogens (tertiary/aromatic N) is 8. The van der Waals surface area contributed by atoms with Gasteiger partial charge in [0.1, 0.15) is 11.4 Å². The lowest BCUT2D eigenvalue weighted by Gasteiger charge is -2.35. The fourth-order valence-electron chi connectivity index (χ4n) is 7.17. The Morgan fingerprint density at radius 2 is 1.77 bits per heavy atom. The van der Waals surface area contributed by atoms with Crippen LogP contribution in [-0.2, 0) is 13.6 Å². The highest BCUT2D eigenvalue weighted by molar-refractivity contribution is 5.87. The Morgan fingerprint density at radius 3 is 2.52 bits per heavy atom. The monoisotopic (exact) mass is 590 g/mol. The van der Waals surface area contributed by atoms with Crippen molar-refractivity contribution in [1.82, 2.24) is 35.8 Å². The smallest absolute Gasteiger partial charge is 0.221 e. The molecule has 0 bridgehead atoms. The van der Waals surface area contributed by atoms with Crippen molar-refractivity contribution in [2.45, 2.75) is 51.1 Å². The van der Waals surface area contributed by atoms with Crippen LogP contribution in [0.3, 0.4) is 0 Å². The molecule has 0 saturated carbocycles. The molecule has 1 spiro atoms. The van der Waals surface area contributed by atoms with Gasteiger partial charge >= 0.3 is 0 Å². The summed E-state index contributed by atoms with van der Waals surface area (Å²) in [4.78, 5) is 18.3. The lowest BCUT2D eigenvalue weighted by Crippen LogP contribution is -2.45. The van der Waals surface area contributed by atoms with E-state index in [1.807, 2.05) is 48.3 Å². The van der Waals surface area contributed by atoms with Crippen molar-refractivity contribution in [2.75, 3.05) is 30.3 Å². The van der Waals surface area contributed by atoms with E-state index in [4.69, 9.17) is 5.73 Å². The highest BCUT2D eigenvalue weighted by Gasteiger charge is 2.45. The summed E-state index contributed by atoms with van der Waals surface area (Å²) >= 11 is 0. The number of nitrogens with two attached hydrogens (primary N) is 1. The lowest BCUT2D eigenvalue weighted by molar-refractivity contribution is 0.150. The first-order valence-corrected chi connectivity index (χ1v) is 15.1. The number of likely N-dealkylation sites (tertiary alicyclic amines) is 1. The molecule has 2 fully saturated rings. The maximum absolute atomic E-state index is 16.1. The van der Waals surface area contributed by atoms with E-state index >= 15 is 4.39 Å². The van der Waals surface area contributed by atoms with Crippen molar-refractivity contribution >= 4 is 22.5 Å². The lowest BCUT2D eigenvalue weighted by atomic mass is 9.94. The molecule has 0 aliphatic carbocycles. The van der Waals surface area contributed by atoms with E-state index in [0.29, 0.717) is 11.3 Å². The van der Waals surface area contributed by atoms with E-state index in [9.17, 15) is 0 Å². The number of pyridine rings is 1. The average molecular weight is 591 g/mol. The van der Waals surface area contributed by atoms with Gasteiger partial charge in [-0.1, -0.05) is 50.2 Å². The molecule has 5 heterocycles. The second kappa shape index (κ2) is 11.6. The van der Waals surface area contributed by atoms with Gasteiger partial charge in [0.15, 0.2) is 5.82 Å². The SMILES string of the molecule is CC(C)c1c2cc(-c3nc(N)nc(-c4ccc(N5CCC6(CCCN6Cc6ccccc6)C5)cn4)c3F)ccc2nn1C.[N]. The zero-order valence-electron chi connectivity index (χ0n) is 25.4.